The normalized spacial score (nSPS) is 15.2. The van der Waals surface area contributed by atoms with E-state index in [-0.39, 0.29) is 5.91 Å². The third kappa shape index (κ3) is 5.32. The number of carbonyl (C=O) groups is 1. The SMILES string of the molecule is CCN(C)C(=O)c1c(-c2ccc3[nH]ncc3c2)nnn1Cc1ccccc1.NC[C@@H]1CCCO1. The van der Waals surface area contributed by atoms with Gasteiger partial charge in [0, 0.05) is 37.7 Å². The largest absolute Gasteiger partial charge is 0.377 e. The van der Waals surface area contributed by atoms with Crippen molar-refractivity contribution in [1.82, 2.24) is 30.1 Å². The first-order valence-corrected chi connectivity index (χ1v) is 11.6. The summed E-state index contributed by atoms with van der Waals surface area (Å²) in [4.78, 5) is 14.7. The molecule has 0 aliphatic carbocycles. The number of hydrogen-bond donors (Lipinski definition) is 2. The fourth-order valence-corrected chi connectivity index (χ4v) is 3.83. The Balaban J connectivity index is 0.000000336. The molecular formula is C25H31N7O2. The highest BCUT2D eigenvalue weighted by Crippen LogP contribution is 2.26. The van der Waals surface area contributed by atoms with E-state index in [1.165, 1.54) is 6.42 Å². The van der Waals surface area contributed by atoms with Crippen LogP contribution >= 0.6 is 0 Å². The average Bonchev–Trinajstić information content (AvgIpc) is 3.64. The van der Waals surface area contributed by atoms with Gasteiger partial charge in [0.2, 0.25) is 0 Å². The first kappa shape index (κ1) is 23.6. The van der Waals surface area contributed by atoms with Gasteiger partial charge < -0.3 is 15.4 Å². The van der Waals surface area contributed by atoms with Crippen LogP contribution in [0.4, 0.5) is 0 Å². The van der Waals surface area contributed by atoms with Crippen molar-refractivity contribution in [1.29, 1.82) is 0 Å². The molecule has 178 valence electrons. The number of benzene rings is 2. The van der Waals surface area contributed by atoms with Crippen LogP contribution in [0, 0.1) is 0 Å². The highest BCUT2D eigenvalue weighted by atomic mass is 16.5. The van der Waals surface area contributed by atoms with Crippen molar-refractivity contribution in [3.8, 4) is 11.3 Å². The Kier molecular flexibility index (Phi) is 7.66. The predicted octanol–water partition coefficient (Wildman–Crippen LogP) is 3.09. The second-order valence-corrected chi connectivity index (χ2v) is 8.29. The van der Waals surface area contributed by atoms with Crippen LogP contribution in [0.2, 0.25) is 0 Å². The minimum absolute atomic E-state index is 0.0966. The van der Waals surface area contributed by atoms with E-state index in [2.05, 4.69) is 20.5 Å². The van der Waals surface area contributed by atoms with Crippen LogP contribution in [-0.2, 0) is 11.3 Å². The number of nitrogens with zero attached hydrogens (tertiary/aromatic N) is 5. The number of ether oxygens (including phenoxy) is 1. The molecule has 0 saturated carbocycles. The van der Waals surface area contributed by atoms with E-state index in [1.54, 1.807) is 22.8 Å². The summed E-state index contributed by atoms with van der Waals surface area (Å²) in [5, 5.41) is 16.6. The second-order valence-electron chi connectivity index (χ2n) is 8.29. The maximum Gasteiger partial charge on any atom is 0.274 e. The summed E-state index contributed by atoms with van der Waals surface area (Å²) in [7, 11) is 1.78. The van der Waals surface area contributed by atoms with E-state index in [0.717, 1.165) is 35.1 Å². The van der Waals surface area contributed by atoms with Gasteiger partial charge in [0.15, 0.2) is 5.69 Å². The summed E-state index contributed by atoms with van der Waals surface area (Å²) < 4.78 is 6.86. The molecule has 9 heteroatoms. The lowest BCUT2D eigenvalue weighted by molar-refractivity contribution is 0.0791. The summed E-state index contributed by atoms with van der Waals surface area (Å²) in [6.45, 7) is 4.65. The van der Waals surface area contributed by atoms with E-state index in [4.69, 9.17) is 10.5 Å². The van der Waals surface area contributed by atoms with Crippen LogP contribution < -0.4 is 5.73 Å². The zero-order valence-corrected chi connectivity index (χ0v) is 19.6. The first-order valence-electron chi connectivity index (χ1n) is 11.6. The first-order chi connectivity index (χ1) is 16.6. The van der Waals surface area contributed by atoms with Crippen LogP contribution in [0.25, 0.3) is 22.2 Å². The second kappa shape index (κ2) is 11.0. The Morgan fingerprint density at radius 1 is 1.26 bits per heavy atom. The number of aromatic amines is 1. The van der Waals surface area contributed by atoms with Gasteiger partial charge in [-0.2, -0.15) is 5.10 Å². The van der Waals surface area contributed by atoms with Gasteiger partial charge in [0.1, 0.15) is 5.69 Å². The minimum atomic E-state index is -0.0966. The highest BCUT2D eigenvalue weighted by molar-refractivity contribution is 5.99. The van der Waals surface area contributed by atoms with Gasteiger partial charge in [0.25, 0.3) is 5.91 Å². The zero-order valence-electron chi connectivity index (χ0n) is 19.6. The number of fused-ring (bicyclic) bond motifs is 1. The highest BCUT2D eigenvalue weighted by Gasteiger charge is 2.24. The van der Waals surface area contributed by atoms with Crippen molar-refractivity contribution < 1.29 is 9.53 Å². The minimum Gasteiger partial charge on any atom is -0.377 e. The number of amides is 1. The Morgan fingerprint density at radius 2 is 2.09 bits per heavy atom. The molecule has 3 heterocycles. The van der Waals surface area contributed by atoms with E-state index in [1.807, 2.05) is 55.5 Å². The van der Waals surface area contributed by atoms with Gasteiger partial charge in [-0.25, -0.2) is 4.68 Å². The van der Waals surface area contributed by atoms with Crippen molar-refractivity contribution in [2.75, 3.05) is 26.7 Å². The lowest BCUT2D eigenvalue weighted by Crippen LogP contribution is -2.29. The summed E-state index contributed by atoms with van der Waals surface area (Å²) in [5.41, 5.74) is 9.23. The van der Waals surface area contributed by atoms with E-state index in [0.29, 0.717) is 37.1 Å². The number of carbonyl (C=O) groups excluding carboxylic acids is 1. The van der Waals surface area contributed by atoms with Gasteiger partial charge in [0.05, 0.1) is 24.4 Å². The number of nitrogens with two attached hydrogens (primary N) is 1. The molecule has 1 atom stereocenters. The molecule has 1 saturated heterocycles. The summed E-state index contributed by atoms with van der Waals surface area (Å²) in [6, 6.07) is 15.8. The van der Waals surface area contributed by atoms with Crippen molar-refractivity contribution in [3.63, 3.8) is 0 Å². The molecule has 0 unspecified atom stereocenters. The van der Waals surface area contributed by atoms with Crippen LogP contribution in [0.3, 0.4) is 0 Å². The zero-order chi connectivity index (χ0) is 23.9. The molecule has 0 spiro atoms. The maximum absolute atomic E-state index is 13.1. The lowest BCUT2D eigenvalue weighted by atomic mass is 10.1. The van der Waals surface area contributed by atoms with E-state index in [9.17, 15) is 4.79 Å². The van der Waals surface area contributed by atoms with E-state index >= 15 is 0 Å². The van der Waals surface area contributed by atoms with Crippen LogP contribution in [0.15, 0.2) is 54.7 Å². The third-order valence-electron chi connectivity index (χ3n) is 5.93. The predicted molar refractivity (Wildman–Crippen MR) is 131 cm³/mol. The Bertz CT molecular complexity index is 1210. The van der Waals surface area contributed by atoms with E-state index < -0.39 is 0 Å². The molecule has 34 heavy (non-hydrogen) atoms. The van der Waals surface area contributed by atoms with Crippen LogP contribution in [-0.4, -0.2) is 68.8 Å². The quantitative estimate of drug-likeness (QED) is 0.456. The molecular weight excluding hydrogens is 430 g/mol. The Hall–Kier alpha value is -3.56. The lowest BCUT2D eigenvalue weighted by Gasteiger charge is -2.16. The average molecular weight is 462 g/mol. The van der Waals surface area contributed by atoms with Crippen molar-refractivity contribution in [2.45, 2.75) is 32.4 Å². The molecule has 0 bridgehead atoms. The smallest absolute Gasteiger partial charge is 0.274 e. The number of H-pyrrole nitrogens is 1. The summed E-state index contributed by atoms with van der Waals surface area (Å²) in [6.07, 6.45) is 4.49. The molecule has 2 aromatic heterocycles. The van der Waals surface area contributed by atoms with Crippen LogP contribution in [0.5, 0.6) is 0 Å². The van der Waals surface area contributed by atoms with Gasteiger partial charge >= 0.3 is 0 Å². The molecule has 1 aliphatic heterocycles. The third-order valence-corrected chi connectivity index (χ3v) is 5.93. The van der Waals surface area contributed by atoms with Crippen molar-refractivity contribution in [2.24, 2.45) is 5.73 Å². The fraction of sp³-hybridized carbons (Fsp3) is 0.360. The van der Waals surface area contributed by atoms with Crippen molar-refractivity contribution in [3.05, 3.63) is 66.0 Å². The number of nitrogens with one attached hydrogen (secondary N) is 1. The number of rotatable bonds is 6. The number of hydrogen-bond acceptors (Lipinski definition) is 6. The van der Waals surface area contributed by atoms with Gasteiger partial charge in [-0.3, -0.25) is 9.89 Å². The Labute approximate surface area is 198 Å². The molecule has 0 radical (unpaired) electrons. The molecule has 3 N–H and O–H groups in total. The monoisotopic (exact) mass is 461 g/mol. The molecule has 5 rings (SSSR count). The molecule has 4 aromatic rings. The van der Waals surface area contributed by atoms with Gasteiger partial charge in [-0.1, -0.05) is 41.6 Å². The molecule has 9 nitrogen and oxygen atoms in total. The Morgan fingerprint density at radius 3 is 2.76 bits per heavy atom. The molecule has 1 fully saturated rings. The van der Waals surface area contributed by atoms with Gasteiger partial charge in [-0.05, 0) is 37.5 Å². The fourth-order valence-electron chi connectivity index (χ4n) is 3.83. The summed E-state index contributed by atoms with van der Waals surface area (Å²) in [5.74, 6) is -0.0966. The maximum atomic E-state index is 13.1. The summed E-state index contributed by atoms with van der Waals surface area (Å²) >= 11 is 0. The standard InChI is InChI=1S/C20H20N6O.C5H11NO/c1-3-25(2)20(27)19-18(15-9-10-17-16(11-15)12-21-22-17)23-24-26(19)13-14-7-5-4-6-8-14;6-4-5-2-1-3-7-5/h4-12H,3,13H2,1-2H3,(H,21,22);5H,1-4,6H2/t;5-/m.0/s1. The molecule has 1 amide bonds. The van der Waals surface area contributed by atoms with Crippen molar-refractivity contribution >= 4 is 16.8 Å². The topological polar surface area (TPSA) is 115 Å². The molecule has 1 aliphatic rings. The molecule has 2 aromatic carbocycles. The number of aromatic nitrogens is 5. The van der Waals surface area contributed by atoms with Gasteiger partial charge in [-0.15, -0.1) is 5.10 Å². The van der Waals surface area contributed by atoms with Crippen LogP contribution in [0.1, 0.15) is 35.8 Å².